The minimum Gasteiger partial charge on any atom is -0.463 e. The number of hydrogen-bond acceptors (Lipinski definition) is 5. The molecular formula is C24H21ClN2O4S. The molecule has 0 aliphatic rings. The van der Waals surface area contributed by atoms with Crippen LogP contribution in [-0.4, -0.2) is 30.1 Å². The lowest BCUT2D eigenvalue weighted by atomic mass is 10.2. The van der Waals surface area contributed by atoms with E-state index in [1.54, 1.807) is 48.2 Å². The smallest absolute Gasteiger partial charge is 0.373 e. The van der Waals surface area contributed by atoms with Gasteiger partial charge in [-0.2, -0.15) is 0 Å². The summed E-state index contributed by atoms with van der Waals surface area (Å²) in [6, 6.07) is 18.3. The van der Waals surface area contributed by atoms with Crippen molar-refractivity contribution >= 4 is 46.1 Å². The van der Waals surface area contributed by atoms with Crippen molar-refractivity contribution in [1.82, 2.24) is 9.88 Å². The summed E-state index contributed by atoms with van der Waals surface area (Å²) >= 11 is 7.51. The molecule has 2 heterocycles. The summed E-state index contributed by atoms with van der Waals surface area (Å²) < 4.78 is 12.4. The van der Waals surface area contributed by atoms with Gasteiger partial charge in [0.15, 0.2) is 0 Å². The predicted molar refractivity (Wildman–Crippen MR) is 125 cm³/mol. The molecule has 2 aromatic heterocycles. The molecule has 0 bridgehead atoms. The molecule has 1 N–H and O–H groups in total. The van der Waals surface area contributed by atoms with Crippen LogP contribution < -0.4 is 5.32 Å². The van der Waals surface area contributed by atoms with Gasteiger partial charge in [-0.05, 0) is 42.5 Å². The molecule has 0 unspecified atom stereocenters. The van der Waals surface area contributed by atoms with E-state index in [0.717, 1.165) is 15.8 Å². The first kappa shape index (κ1) is 22.0. The van der Waals surface area contributed by atoms with E-state index in [4.69, 9.17) is 16.0 Å². The minimum absolute atomic E-state index is 0.132. The SMILES string of the molecule is COC(=O)c1ccc(CSc2cn(CCNC(=O)c3ccc(Cl)cc3)c3ccccc23)o1. The Hall–Kier alpha value is -3.16. The number of thioether (sulfide) groups is 1. The van der Waals surface area contributed by atoms with E-state index in [-0.39, 0.29) is 11.7 Å². The van der Waals surface area contributed by atoms with E-state index in [2.05, 4.69) is 33.0 Å². The molecule has 0 fully saturated rings. The van der Waals surface area contributed by atoms with Gasteiger partial charge >= 0.3 is 5.97 Å². The highest BCUT2D eigenvalue weighted by molar-refractivity contribution is 7.98. The average Bonchev–Trinajstić information content (AvgIpc) is 3.43. The van der Waals surface area contributed by atoms with Crippen molar-refractivity contribution in [3.05, 3.63) is 89.0 Å². The third kappa shape index (κ3) is 5.00. The maximum atomic E-state index is 12.3. The Morgan fingerprint density at radius 3 is 2.66 bits per heavy atom. The normalized spacial score (nSPS) is 10.9. The van der Waals surface area contributed by atoms with Crippen LogP contribution in [-0.2, 0) is 17.0 Å². The van der Waals surface area contributed by atoms with Crippen LogP contribution in [0.15, 0.2) is 76.2 Å². The summed E-state index contributed by atoms with van der Waals surface area (Å²) in [7, 11) is 1.33. The lowest BCUT2D eigenvalue weighted by Gasteiger charge is -2.08. The van der Waals surface area contributed by atoms with Crippen molar-refractivity contribution in [2.24, 2.45) is 0 Å². The number of carbonyl (C=O) groups is 2. The Kier molecular flexibility index (Phi) is 6.87. The summed E-state index contributed by atoms with van der Waals surface area (Å²) in [5, 5.41) is 4.67. The highest BCUT2D eigenvalue weighted by Gasteiger charge is 2.13. The van der Waals surface area contributed by atoms with Gasteiger partial charge in [0.2, 0.25) is 5.76 Å². The number of carbonyl (C=O) groups excluding carboxylic acids is 2. The Morgan fingerprint density at radius 1 is 1.09 bits per heavy atom. The monoisotopic (exact) mass is 468 g/mol. The predicted octanol–water partition coefficient (Wildman–Crippen LogP) is 5.40. The van der Waals surface area contributed by atoms with Gasteiger partial charge in [-0.3, -0.25) is 4.79 Å². The van der Waals surface area contributed by atoms with Crippen molar-refractivity contribution < 1.29 is 18.7 Å². The number of amides is 1. The second-order valence-corrected chi connectivity index (χ2v) is 8.47. The third-order valence-corrected chi connectivity index (χ3v) is 6.23. The Morgan fingerprint density at radius 2 is 1.88 bits per heavy atom. The van der Waals surface area contributed by atoms with E-state index >= 15 is 0 Å². The molecule has 2 aromatic carbocycles. The number of nitrogens with one attached hydrogen (secondary N) is 1. The van der Waals surface area contributed by atoms with Crippen LogP contribution in [0.2, 0.25) is 5.02 Å². The number of para-hydroxylation sites is 1. The summed E-state index contributed by atoms with van der Waals surface area (Å²) in [6.07, 6.45) is 2.08. The number of hydrogen-bond donors (Lipinski definition) is 1. The molecule has 0 aliphatic heterocycles. The summed E-state index contributed by atoms with van der Waals surface area (Å²) in [6.45, 7) is 1.12. The molecule has 0 saturated carbocycles. The summed E-state index contributed by atoms with van der Waals surface area (Å²) in [5.74, 6) is 0.855. The standard InChI is InChI=1S/C24H21ClN2O4S/c1-30-24(29)21-11-10-18(31-21)15-32-22-14-27(20-5-3-2-4-19(20)22)13-12-26-23(28)16-6-8-17(25)9-7-16/h2-11,14H,12-13,15H2,1H3,(H,26,28). The van der Waals surface area contributed by atoms with Crippen LogP contribution in [0.1, 0.15) is 26.7 Å². The van der Waals surface area contributed by atoms with E-state index in [0.29, 0.717) is 35.2 Å². The fraction of sp³-hybridized carbons (Fsp3) is 0.167. The molecule has 164 valence electrons. The molecule has 0 atom stereocenters. The molecule has 4 aromatic rings. The fourth-order valence-corrected chi connectivity index (χ4v) is 4.43. The molecular weight excluding hydrogens is 448 g/mol. The zero-order valence-corrected chi connectivity index (χ0v) is 18.9. The molecule has 1 amide bonds. The van der Waals surface area contributed by atoms with Gasteiger partial charge in [0, 0.05) is 45.7 Å². The van der Waals surface area contributed by atoms with Gasteiger partial charge in [0.1, 0.15) is 5.76 Å². The number of esters is 1. The van der Waals surface area contributed by atoms with Crippen molar-refractivity contribution in [3.8, 4) is 0 Å². The first-order valence-corrected chi connectivity index (χ1v) is 11.3. The van der Waals surface area contributed by atoms with Crippen LogP contribution in [0, 0.1) is 0 Å². The molecule has 4 rings (SSSR count). The Labute approximate surface area is 194 Å². The van der Waals surface area contributed by atoms with Gasteiger partial charge in [0.25, 0.3) is 5.91 Å². The molecule has 0 saturated heterocycles. The molecule has 6 nitrogen and oxygen atoms in total. The number of benzene rings is 2. The van der Waals surface area contributed by atoms with Crippen molar-refractivity contribution in [1.29, 1.82) is 0 Å². The zero-order valence-electron chi connectivity index (χ0n) is 17.3. The van der Waals surface area contributed by atoms with Crippen molar-refractivity contribution in [2.75, 3.05) is 13.7 Å². The average molecular weight is 469 g/mol. The highest BCUT2D eigenvalue weighted by atomic mass is 35.5. The number of ether oxygens (including phenoxy) is 1. The topological polar surface area (TPSA) is 73.5 Å². The van der Waals surface area contributed by atoms with Crippen LogP contribution in [0.3, 0.4) is 0 Å². The third-order valence-electron chi connectivity index (χ3n) is 4.91. The quantitative estimate of drug-likeness (QED) is 0.277. The molecule has 8 heteroatoms. The molecule has 0 spiro atoms. The number of halogens is 1. The fourth-order valence-electron chi connectivity index (χ4n) is 3.32. The maximum Gasteiger partial charge on any atom is 0.373 e. The van der Waals surface area contributed by atoms with Crippen molar-refractivity contribution in [2.45, 2.75) is 17.2 Å². The van der Waals surface area contributed by atoms with Crippen LogP contribution in [0.5, 0.6) is 0 Å². The number of fused-ring (bicyclic) bond motifs is 1. The van der Waals surface area contributed by atoms with Crippen LogP contribution in [0.4, 0.5) is 0 Å². The first-order chi connectivity index (χ1) is 15.5. The van der Waals surface area contributed by atoms with E-state index < -0.39 is 5.97 Å². The second-order valence-electron chi connectivity index (χ2n) is 7.01. The van der Waals surface area contributed by atoms with E-state index in [1.165, 1.54) is 7.11 Å². The van der Waals surface area contributed by atoms with Crippen LogP contribution in [0.25, 0.3) is 10.9 Å². The van der Waals surface area contributed by atoms with Gasteiger partial charge < -0.3 is 19.0 Å². The Bertz CT molecular complexity index is 1250. The largest absolute Gasteiger partial charge is 0.463 e. The van der Waals surface area contributed by atoms with Crippen molar-refractivity contribution in [3.63, 3.8) is 0 Å². The van der Waals surface area contributed by atoms with Gasteiger partial charge in [-0.15, -0.1) is 11.8 Å². The molecule has 0 aliphatic carbocycles. The Balaban J connectivity index is 1.42. The summed E-state index contributed by atoms with van der Waals surface area (Å²) in [5.41, 5.74) is 1.67. The number of methoxy groups -OCH3 is 1. The van der Waals surface area contributed by atoms with Gasteiger partial charge in [-0.1, -0.05) is 29.8 Å². The van der Waals surface area contributed by atoms with Gasteiger partial charge in [-0.25, -0.2) is 4.79 Å². The minimum atomic E-state index is -0.487. The highest BCUT2D eigenvalue weighted by Crippen LogP contribution is 2.32. The number of rotatable bonds is 8. The lowest BCUT2D eigenvalue weighted by molar-refractivity contribution is 0.0563. The summed E-state index contributed by atoms with van der Waals surface area (Å²) in [4.78, 5) is 25.0. The maximum absolute atomic E-state index is 12.3. The van der Waals surface area contributed by atoms with E-state index in [1.807, 2.05) is 12.1 Å². The molecule has 32 heavy (non-hydrogen) atoms. The van der Waals surface area contributed by atoms with E-state index in [9.17, 15) is 9.59 Å². The number of nitrogens with zero attached hydrogens (tertiary/aromatic N) is 1. The van der Waals surface area contributed by atoms with Gasteiger partial charge in [0.05, 0.1) is 12.9 Å². The number of aromatic nitrogens is 1. The zero-order chi connectivity index (χ0) is 22.5. The molecule has 0 radical (unpaired) electrons. The lowest BCUT2D eigenvalue weighted by Crippen LogP contribution is -2.27. The van der Waals surface area contributed by atoms with Crippen LogP contribution >= 0.6 is 23.4 Å². The first-order valence-electron chi connectivity index (χ1n) is 9.96. The number of furan rings is 1. The second kappa shape index (κ2) is 9.97.